The summed E-state index contributed by atoms with van der Waals surface area (Å²) in [5.74, 6) is 1.22. The van der Waals surface area contributed by atoms with E-state index in [1.165, 1.54) is 0 Å². The number of hydrogen-bond acceptors (Lipinski definition) is 3. The van der Waals surface area contributed by atoms with Gasteiger partial charge in [0.25, 0.3) is 0 Å². The number of unbranched alkanes of at least 4 members (excludes halogenated alkanes) is 2. The lowest BCUT2D eigenvalue weighted by Crippen LogP contribution is -2.29. The third-order valence-corrected chi connectivity index (χ3v) is 2.71. The molecule has 1 aromatic rings. The van der Waals surface area contributed by atoms with Crippen LogP contribution in [0.15, 0.2) is 18.2 Å². The van der Waals surface area contributed by atoms with E-state index < -0.39 is 0 Å². The number of ether oxygens (including phenoxy) is 2. The Morgan fingerprint density at radius 1 is 1.16 bits per heavy atom. The molecule has 1 rings (SSSR count). The van der Waals surface area contributed by atoms with Crippen LogP contribution in [0.25, 0.3) is 0 Å². The van der Waals surface area contributed by atoms with Gasteiger partial charge in [-0.15, -0.1) is 0 Å². The monoisotopic (exact) mass is 266 g/mol. The Hall–Kier alpha value is -1.91. The summed E-state index contributed by atoms with van der Waals surface area (Å²) in [4.78, 5) is 11.6. The number of hydrogen-bond donors (Lipinski definition) is 2. The zero-order chi connectivity index (χ0) is 14.1. The average molecular weight is 266 g/mol. The minimum Gasteiger partial charge on any atom is -0.493 e. The second kappa shape index (κ2) is 8.24. The fourth-order valence-corrected chi connectivity index (χ4v) is 1.67. The maximum absolute atomic E-state index is 11.6. The molecule has 2 amide bonds. The highest BCUT2D eigenvalue weighted by atomic mass is 16.5. The van der Waals surface area contributed by atoms with Crippen molar-refractivity contribution in [3.8, 4) is 11.5 Å². The van der Waals surface area contributed by atoms with Crippen LogP contribution in [0.5, 0.6) is 11.5 Å². The summed E-state index contributed by atoms with van der Waals surface area (Å²) in [5, 5.41) is 5.57. The van der Waals surface area contributed by atoms with Crippen molar-refractivity contribution in [1.29, 1.82) is 0 Å². The van der Waals surface area contributed by atoms with Crippen molar-refractivity contribution in [2.75, 3.05) is 26.1 Å². The number of nitrogens with one attached hydrogen (secondary N) is 2. The molecule has 0 bridgehead atoms. The summed E-state index contributed by atoms with van der Waals surface area (Å²) >= 11 is 0. The van der Waals surface area contributed by atoms with Crippen LogP contribution in [-0.4, -0.2) is 26.8 Å². The molecular weight excluding hydrogens is 244 g/mol. The predicted molar refractivity (Wildman–Crippen MR) is 76.1 cm³/mol. The summed E-state index contributed by atoms with van der Waals surface area (Å²) in [6.45, 7) is 2.82. The first-order chi connectivity index (χ1) is 9.21. The summed E-state index contributed by atoms with van der Waals surface area (Å²) in [6, 6.07) is 5.05. The summed E-state index contributed by atoms with van der Waals surface area (Å²) in [6.07, 6.45) is 3.26. The van der Waals surface area contributed by atoms with Crippen LogP contribution >= 0.6 is 0 Å². The molecule has 0 aliphatic rings. The van der Waals surface area contributed by atoms with E-state index in [1.54, 1.807) is 32.4 Å². The first kappa shape index (κ1) is 15.1. The molecule has 5 nitrogen and oxygen atoms in total. The van der Waals surface area contributed by atoms with E-state index in [0.717, 1.165) is 19.3 Å². The second-order valence-corrected chi connectivity index (χ2v) is 4.16. The number of carbonyl (C=O) groups excluding carboxylic acids is 1. The normalized spacial score (nSPS) is 9.84. The van der Waals surface area contributed by atoms with Crippen LogP contribution in [0.3, 0.4) is 0 Å². The molecule has 0 aliphatic heterocycles. The highest BCUT2D eigenvalue weighted by Gasteiger charge is 2.06. The van der Waals surface area contributed by atoms with Crippen LogP contribution in [0.4, 0.5) is 10.5 Å². The fraction of sp³-hybridized carbons (Fsp3) is 0.500. The first-order valence-electron chi connectivity index (χ1n) is 6.48. The second-order valence-electron chi connectivity index (χ2n) is 4.16. The molecule has 0 unspecified atom stereocenters. The lowest BCUT2D eigenvalue weighted by molar-refractivity contribution is 0.252. The van der Waals surface area contributed by atoms with Crippen molar-refractivity contribution in [2.45, 2.75) is 26.2 Å². The summed E-state index contributed by atoms with van der Waals surface area (Å²) in [5.41, 5.74) is 0.672. The zero-order valence-electron chi connectivity index (χ0n) is 11.8. The van der Waals surface area contributed by atoms with Crippen LogP contribution in [0, 0.1) is 0 Å². The van der Waals surface area contributed by atoms with Crippen molar-refractivity contribution < 1.29 is 14.3 Å². The largest absolute Gasteiger partial charge is 0.493 e. The Bertz CT molecular complexity index is 408. The number of amides is 2. The Morgan fingerprint density at radius 2 is 1.89 bits per heavy atom. The van der Waals surface area contributed by atoms with Gasteiger partial charge in [0.15, 0.2) is 11.5 Å². The van der Waals surface area contributed by atoms with E-state index in [-0.39, 0.29) is 6.03 Å². The fourth-order valence-electron chi connectivity index (χ4n) is 1.67. The van der Waals surface area contributed by atoms with Crippen LogP contribution in [0.2, 0.25) is 0 Å². The van der Waals surface area contributed by atoms with E-state index in [1.807, 2.05) is 0 Å². The topological polar surface area (TPSA) is 59.6 Å². The Labute approximate surface area is 114 Å². The maximum atomic E-state index is 11.6. The number of benzene rings is 1. The van der Waals surface area contributed by atoms with E-state index >= 15 is 0 Å². The Morgan fingerprint density at radius 3 is 2.53 bits per heavy atom. The SMILES string of the molecule is CCCCCNC(=O)Nc1ccc(OC)c(OC)c1. The molecule has 0 atom stereocenters. The number of anilines is 1. The number of methoxy groups -OCH3 is 2. The lowest BCUT2D eigenvalue weighted by Gasteiger charge is -2.11. The molecule has 0 saturated heterocycles. The van der Waals surface area contributed by atoms with Gasteiger partial charge in [0.1, 0.15) is 0 Å². The van der Waals surface area contributed by atoms with Gasteiger partial charge >= 0.3 is 6.03 Å². The van der Waals surface area contributed by atoms with E-state index in [2.05, 4.69) is 17.6 Å². The zero-order valence-corrected chi connectivity index (χ0v) is 11.8. The summed E-state index contributed by atoms with van der Waals surface area (Å²) in [7, 11) is 3.14. The quantitative estimate of drug-likeness (QED) is 0.746. The Balaban J connectivity index is 2.50. The third-order valence-electron chi connectivity index (χ3n) is 2.71. The molecule has 19 heavy (non-hydrogen) atoms. The number of rotatable bonds is 7. The molecule has 1 aromatic carbocycles. The third kappa shape index (κ3) is 5.07. The van der Waals surface area contributed by atoms with Crippen molar-refractivity contribution >= 4 is 11.7 Å². The smallest absolute Gasteiger partial charge is 0.319 e. The van der Waals surface area contributed by atoms with Gasteiger partial charge in [0, 0.05) is 18.3 Å². The molecule has 0 radical (unpaired) electrons. The first-order valence-corrected chi connectivity index (χ1v) is 6.48. The van der Waals surface area contributed by atoms with Crippen LogP contribution < -0.4 is 20.1 Å². The van der Waals surface area contributed by atoms with E-state index in [4.69, 9.17) is 9.47 Å². The highest BCUT2D eigenvalue weighted by molar-refractivity contribution is 5.89. The molecule has 0 fully saturated rings. The predicted octanol–water partition coefficient (Wildman–Crippen LogP) is 3.02. The van der Waals surface area contributed by atoms with Crippen molar-refractivity contribution in [3.63, 3.8) is 0 Å². The van der Waals surface area contributed by atoms with Crippen LogP contribution in [0.1, 0.15) is 26.2 Å². The van der Waals surface area contributed by atoms with E-state index in [9.17, 15) is 4.79 Å². The van der Waals surface area contributed by atoms with Crippen molar-refractivity contribution in [2.24, 2.45) is 0 Å². The van der Waals surface area contributed by atoms with Crippen LogP contribution in [-0.2, 0) is 0 Å². The number of urea groups is 1. The maximum Gasteiger partial charge on any atom is 0.319 e. The van der Waals surface area contributed by atoms with Gasteiger partial charge in [-0.25, -0.2) is 4.79 Å². The molecule has 2 N–H and O–H groups in total. The lowest BCUT2D eigenvalue weighted by atomic mass is 10.2. The van der Waals surface area contributed by atoms with Gasteiger partial charge in [-0.1, -0.05) is 19.8 Å². The van der Waals surface area contributed by atoms with Gasteiger partial charge < -0.3 is 20.1 Å². The standard InChI is InChI=1S/C14H22N2O3/c1-4-5-6-9-15-14(17)16-11-7-8-12(18-2)13(10-11)19-3/h7-8,10H,4-6,9H2,1-3H3,(H2,15,16,17). The average Bonchev–Trinajstić information content (AvgIpc) is 2.43. The Kier molecular flexibility index (Phi) is 6.57. The van der Waals surface area contributed by atoms with Gasteiger partial charge in [0.05, 0.1) is 14.2 Å². The van der Waals surface area contributed by atoms with Crippen molar-refractivity contribution in [1.82, 2.24) is 5.32 Å². The highest BCUT2D eigenvalue weighted by Crippen LogP contribution is 2.29. The van der Waals surface area contributed by atoms with Gasteiger partial charge in [0.2, 0.25) is 0 Å². The molecule has 0 saturated carbocycles. The molecule has 0 aromatic heterocycles. The number of carbonyl (C=O) groups is 1. The molecule has 106 valence electrons. The molecule has 0 aliphatic carbocycles. The van der Waals surface area contributed by atoms with Crippen molar-refractivity contribution in [3.05, 3.63) is 18.2 Å². The minimum atomic E-state index is -0.205. The molecule has 0 spiro atoms. The van der Waals surface area contributed by atoms with Gasteiger partial charge in [-0.2, -0.15) is 0 Å². The minimum absolute atomic E-state index is 0.205. The van der Waals surface area contributed by atoms with Gasteiger partial charge in [-0.3, -0.25) is 0 Å². The molecule has 0 heterocycles. The van der Waals surface area contributed by atoms with E-state index in [0.29, 0.717) is 23.7 Å². The molecule has 5 heteroatoms. The summed E-state index contributed by atoms with van der Waals surface area (Å²) < 4.78 is 10.3. The van der Waals surface area contributed by atoms with Gasteiger partial charge in [-0.05, 0) is 18.6 Å². The molecular formula is C14H22N2O3.